The zero-order valence-electron chi connectivity index (χ0n) is 21.1. The molecule has 0 bridgehead atoms. The second-order valence-corrected chi connectivity index (χ2v) is 8.58. The molecule has 0 radical (unpaired) electrons. The van der Waals surface area contributed by atoms with Crippen molar-refractivity contribution in [2.75, 3.05) is 20.8 Å². The molecule has 4 aromatic rings. The van der Waals surface area contributed by atoms with Gasteiger partial charge in [0.2, 0.25) is 0 Å². The lowest BCUT2D eigenvalue weighted by molar-refractivity contribution is -0.120. The summed E-state index contributed by atoms with van der Waals surface area (Å²) in [7, 11) is 2.98. The lowest BCUT2D eigenvalue weighted by atomic mass is 10.0. The average molecular weight is 546 g/mol. The fourth-order valence-corrected chi connectivity index (χ4v) is 3.82. The van der Waals surface area contributed by atoms with Crippen LogP contribution in [0.4, 0.5) is 0 Å². The number of hydrogen-bond donors (Lipinski definition) is 2. The fourth-order valence-electron chi connectivity index (χ4n) is 3.69. The maximum absolute atomic E-state index is 13.0. The number of amides is 2. The molecule has 2 amide bonds. The first-order valence-corrected chi connectivity index (χ1v) is 12.1. The molecule has 198 valence electrons. The van der Waals surface area contributed by atoms with Gasteiger partial charge in [-0.3, -0.25) is 9.59 Å². The van der Waals surface area contributed by atoms with Crippen LogP contribution in [0.1, 0.15) is 26.3 Å². The van der Waals surface area contributed by atoms with Gasteiger partial charge in [-0.2, -0.15) is 5.10 Å². The van der Waals surface area contributed by atoms with Crippen LogP contribution in [0.2, 0.25) is 5.02 Å². The van der Waals surface area contributed by atoms with Crippen LogP contribution in [0, 0.1) is 0 Å². The van der Waals surface area contributed by atoms with E-state index in [2.05, 4.69) is 15.8 Å². The molecule has 0 atom stereocenters. The van der Waals surface area contributed by atoms with Crippen molar-refractivity contribution in [3.8, 4) is 17.2 Å². The van der Waals surface area contributed by atoms with E-state index in [-0.39, 0.29) is 17.9 Å². The highest BCUT2D eigenvalue weighted by atomic mass is 35.5. The lowest BCUT2D eigenvalue weighted by Gasteiger charge is -2.12. The Bertz CT molecular complexity index is 1550. The first-order chi connectivity index (χ1) is 18.9. The topological polar surface area (TPSA) is 115 Å². The van der Waals surface area contributed by atoms with Crippen LogP contribution in [0.5, 0.6) is 17.2 Å². The Labute approximate surface area is 229 Å². The summed E-state index contributed by atoms with van der Waals surface area (Å²) in [5.41, 5.74) is 3.48. The zero-order valence-corrected chi connectivity index (χ0v) is 21.8. The van der Waals surface area contributed by atoms with Gasteiger partial charge in [-0.15, -0.1) is 0 Å². The van der Waals surface area contributed by atoms with Crippen LogP contribution in [0.15, 0.2) is 84.0 Å². The molecular formula is C29H24ClN3O6. The number of methoxy groups -OCH3 is 2. The Morgan fingerprint density at radius 3 is 2.28 bits per heavy atom. The molecule has 0 aliphatic heterocycles. The maximum atomic E-state index is 13.0. The number of halogens is 1. The van der Waals surface area contributed by atoms with Crippen LogP contribution in [0.25, 0.3) is 10.8 Å². The molecule has 4 aromatic carbocycles. The smallest absolute Gasteiger partial charge is 0.343 e. The second kappa shape index (κ2) is 12.6. The highest BCUT2D eigenvalue weighted by Gasteiger charge is 2.16. The molecule has 4 rings (SSSR count). The molecule has 0 saturated heterocycles. The molecule has 0 aliphatic rings. The van der Waals surface area contributed by atoms with Crippen molar-refractivity contribution in [3.63, 3.8) is 0 Å². The highest BCUT2D eigenvalue weighted by molar-refractivity contribution is 6.30. The van der Waals surface area contributed by atoms with Crippen LogP contribution in [-0.2, 0) is 4.79 Å². The van der Waals surface area contributed by atoms with Gasteiger partial charge in [0.15, 0.2) is 11.5 Å². The number of nitrogens with zero attached hydrogens (tertiary/aromatic N) is 1. The van der Waals surface area contributed by atoms with E-state index in [1.807, 2.05) is 30.3 Å². The van der Waals surface area contributed by atoms with Crippen molar-refractivity contribution in [3.05, 3.63) is 101 Å². The minimum absolute atomic E-state index is 0.238. The van der Waals surface area contributed by atoms with Gasteiger partial charge < -0.3 is 19.5 Å². The van der Waals surface area contributed by atoms with Crippen LogP contribution in [-0.4, -0.2) is 44.8 Å². The van der Waals surface area contributed by atoms with Crippen molar-refractivity contribution in [1.82, 2.24) is 10.7 Å². The molecule has 39 heavy (non-hydrogen) atoms. The molecule has 0 saturated carbocycles. The minimum atomic E-state index is -0.616. The first kappa shape index (κ1) is 27.2. The van der Waals surface area contributed by atoms with Crippen molar-refractivity contribution in [2.45, 2.75) is 0 Å². The third-order valence-corrected chi connectivity index (χ3v) is 5.90. The third kappa shape index (κ3) is 6.71. The van der Waals surface area contributed by atoms with Crippen molar-refractivity contribution in [1.29, 1.82) is 0 Å². The van der Waals surface area contributed by atoms with E-state index in [4.69, 9.17) is 25.8 Å². The molecule has 0 fully saturated rings. The Hall–Kier alpha value is -4.89. The first-order valence-electron chi connectivity index (χ1n) is 11.7. The van der Waals surface area contributed by atoms with Gasteiger partial charge >= 0.3 is 5.97 Å². The summed E-state index contributed by atoms with van der Waals surface area (Å²) in [6.07, 6.45) is 1.39. The van der Waals surface area contributed by atoms with E-state index in [1.165, 1.54) is 26.5 Å². The summed E-state index contributed by atoms with van der Waals surface area (Å²) in [6.45, 7) is -0.296. The Balaban J connectivity index is 1.49. The summed E-state index contributed by atoms with van der Waals surface area (Å²) in [5.74, 6) is -0.481. The molecule has 0 aliphatic carbocycles. The number of carbonyl (C=O) groups is 3. The normalized spacial score (nSPS) is 10.7. The number of benzene rings is 4. The largest absolute Gasteiger partial charge is 0.493 e. The number of hydrazone groups is 1. The number of nitrogens with one attached hydrogen (secondary N) is 2. The van der Waals surface area contributed by atoms with Crippen LogP contribution in [0.3, 0.4) is 0 Å². The quantitative estimate of drug-likeness (QED) is 0.137. The van der Waals surface area contributed by atoms with Crippen molar-refractivity contribution < 1.29 is 28.6 Å². The monoisotopic (exact) mass is 545 g/mol. The molecular weight excluding hydrogens is 522 g/mol. The number of carbonyl (C=O) groups excluding carboxylic acids is 3. The van der Waals surface area contributed by atoms with E-state index in [0.29, 0.717) is 27.6 Å². The Morgan fingerprint density at radius 2 is 1.54 bits per heavy atom. The number of fused-ring (bicyclic) bond motifs is 1. The van der Waals surface area contributed by atoms with Gasteiger partial charge in [-0.05, 0) is 59.3 Å². The standard InChI is InChI=1S/C29H24ClN3O6/c1-37-25-14-10-20(15-26(25)38-2)29(36)39-24-13-9-18-5-3-4-6-22(18)23(24)16-32-33-27(34)17-31-28(35)19-7-11-21(30)12-8-19/h3-16H,17H2,1-2H3,(H,31,35)(H,33,34)/b32-16+. The lowest BCUT2D eigenvalue weighted by Crippen LogP contribution is -2.34. The average Bonchev–Trinajstić information content (AvgIpc) is 2.96. The second-order valence-electron chi connectivity index (χ2n) is 8.14. The predicted molar refractivity (Wildman–Crippen MR) is 148 cm³/mol. The molecule has 10 heteroatoms. The van der Waals surface area contributed by atoms with Gasteiger partial charge in [-0.1, -0.05) is 41.9 Å². The van der Waals surface area contributed by atoms with Gasteiger partial charge in [0.05, 0.1) is 32.5 Å². The highest BCUT2D eigenvalue weighted by Crippen LogP contribution is 2.30. The van der Waals surface area contributed by atoms with Crippen LogP contribution >= 0.6 is 11.6 Å². The summed E-state index contributed by atoms with van der Waals surface area (Å²) in [5, 5.41) is 8.67. The van der Waals surface area contributed by atoms with E-state index in [1.54, 1.807) is 42.5 Å². The van der Waals surface area contributed by atoms with E-state index in [0.717, 1.165) is 10.8 Å². The number of esters is 1. The molecule has 9 nitrogen and oxygen atoms in total. The van der Waals surface area contributed by atoms with Gasteiger partial charge in [-0.25, -0.2) is 10.2 Å². The van der Waals surface area contributed by atoms with Gasteiger partial charge in [0.1, 0.15) is 5.75 Å². The third-order valence-electron chi connectivity index (χ3n) is 5.65. The summed E-state index contributed by atoms with van der Waals surface area (Å²) >= 11 is 5.83. The predicted octanol–water partition coefficient (Wildman–Crippen LogP) is 4.61. The maximum Gasteiger partial charge on any atom is 0.343 e. The number of ether oxygens (including phenoxy) is 3. The molecule has 0 unspecified atom stereocenters. The van der Waals surface area contributed by atoms with Crippen molar-refractivity contribution >= 4 is 46.4 Å². The molecule has 0 spiro atoms. The summed E-state index contributed by atoms with van der Waals surface area (Å²) in [6, 6.07) is 21.9. The zero-order chi connectivity index (χ0) is 27.8. The minimum Gasteiger partial charge on any atom is -0.493 e. The number of hydrogen-bond acceptors (Lipinski definition) is 7. The van der Waals surface area contributed by atoms with Crippen LogP contribution < -0.4 is 25.0 Å². The van der Waals surface area contributed by atoms with E-state index < -0.39 is 17.8 Å². The molecule has 0 aromatic heterocycles. The SMILES string of the molecule is COc1ccc(C(=O)Oc2ccc3ccccc3c2/C=N/NC(=O)CNC(=O)c2ccc(Cl)cc2)cc1OC. The van der Waals surface area contributed by atoms with Gasteiger partial charge in [0.25, 0.3) is 11.8 Å². The summed E-state index contributed by atoms with van der Waals surface area (Å²) in [4.78, 5) is 37.4. The number of rotatable bonds is 9. The Morgan fingerprint density at radius 1 is 0.846 bits per heavy atom. The molecule has 0 heterocycles. The van der Waals surface area contributed by atoms with E-state index >= 15 is 0 Å². The molecule has 2 N–H and O–H groups in total. The van der Waals surface area contributed by atoms with E-state index in [9.17, 15) is 14.4 Å². The fraction of sp³-hybridized carbons (Fsp3) is 0.103. The van der Waals surface area contributed by atoms with Crippen molar-refractivity contribution in [2.24, 2.45) is 5.10 Å². The Kier molecular flexibility index (Phi) is 8.75. The van der Waals surface area contributed by atoms with Gasteiger partial charge in [0, 0.05) is 16.1 Å². The summed E-state index contributed by atoms with van der Waals surface area (Å²) < 4.78 is 16.2.